The summed E-state index contributed by atoms with van der Waals surface area (Å²) in [5.74, 6) is -0.679. The lowest BCUT2D eigenvalue weighted by molar-refractivity contribution is -0.130. The second kappa shape index (κ2) is 6.52. The van der Waals surface area contributed by atoms with Crippen LogP contribution in [0.3, 0.4) is 0 Å². The SMILES string of the molecule is NC(=O)NCC(=O)N1CCc2[nH]nc(-c3cc(Cl)c(O)cc3O)c2C1. The number of primary amides is 1. The van der Waals surface area contributed by atoms with Crippen molar-refractivity contribution in [2.45, 2.75) is 13.0 Å². The smallest absolute Gasteiger partial charge is 0.312 e. The zero-order chi connectivity index (χ0) is 18.1. The number of halogens is 1. The Morgan fingerprint density at radius 3 is 2.84 bits per heavy atom. The maximum Gasteiger partial charge on any atom is 0.312 e. The molecule has 10 heteroatoms. The largest absolute Gasteiger partial charge is 0.507 e. The number of aromatic hydroxyl groups is 2. The molecule has 0 fully saturated rings. The summed E-state index contributed by atoms with van der Waals surface area (Å²) in [6, 6.07) is 1.79. The number of hydrogen-bond donors (Lipinski definition) is 5. The summed E-state index contributed by atoms with van der Waals surface area (Å²) in [4.78, 5) is 24.5. The Labute approximate surface area is 147 Å². The lowest BCUT2D eigenvalue weighted by atomic mass is 10.00. The van der Waals surface area contributed by atoms with E-state index in [2.05, 4.69) is 15.5 Å². The number of nitrogens with two attached hydrogens (primary N) is 1. The molecule has 1 aromatic heterocycles. The van der Waals surface area contributed by atoms with Crippen LogP contribution in [0.25, 0.3) is 11.3 Å². The molecule has 0 bridgehead atoms. The number of phenols is 2. The molecule has 6 N–H and O–H groups in total. The van der Waals surface area contributed by atoms with Gasteiger partial charge in [-0.15, -0.1) is 0 Å². The van der Waals surface area contributed by atoms with E-state index in [0.29, 0.717) is 24.2 Å². The lowest BCUT2D eigenvalue weighted by Gasteiger charge is -2.27. The number of amides is 3. The van der Waals surface area contributed by atoms with Gasteiger partial charge in [-0.3, -0.25) is 9.89 Å². The van der Waals surface area contributed by atoms with Crippen LogP contribution in [0.15, 0.2) is 12.1 Å². The molecule has 2 aromatic rings. The Kier molecular flexibility index (Phi) is 4.41. The standard InChI is InChI=1S/C15H16ClN5O4/c16-9-3-7(11(22)4-12(9)23)14-8-6-21(2-1-10(8)19-20-14)13(24)5-18-15(17)25/h3-4,22-23H,1-2,5-6H2,(H,19,20)(H3,17,18,25). The fourth-order valence-corrected chi connectivity index (χ4v) is 2.91. The maximum absolute atomic E-state index is 12.2. The molecule has 1 aliphatic heterocycles. The van der Waals surface area contributed by atoms with Crippen LogP contribution in [0.1, 0.15) is 11.3 Å². The van der Waals surface area contributed by atoms with E-state index < -0.39 is 6.03 Å². The van der Waals surface area contributed by atoms with Crippen molar-refractivity contribution in [3.05, 3.63) is 28.4 Å². The van der Waals surface area contributed by atoms with Crippen molar-refractivity contribution in [1.82, 2.24) is 20.4 Å². The predicted molar refractivity (Wildman–Crippen MR) is 89.1 cm³/mol. The van der Waals surface area contributed by atoms with Gasteiger partial charge in [0, 0.05) is 42.4 Å². The van der Waals surface area contributed by atoms with Gasteiger partial charge >= 0.3 is 6.03 Å². The molecule has 3 rings (SSSR count). The fourth-order valence-electron chi connectivity index (χ4n) is 2.75. The summed E-state index contributed by atoms with van der Waals surface area (Å²) in [5, 5.41) is 29.1. The number of nitrogens with one attached hydrogen (secondary N) is 2. The van der Waals surface area contributed by atoms with Gasteiger partial charge in [-0.25, -0.2) is 4.79 Å². The van der Waals surface area contributed by atoms with Crippen molar-refractivity contribution in [3.63, 3.8) is 0 Å². The molecule has 0 radical (unpaired) electrons. The molecular formula is C15H16ClN5O4. The molecule has 3 amide bonds. The number of phenolic OH excluding ortho intramolecular Hbond substituents is 2. The van der Waals surface area contributed by atoms with Gasteiger partial charge in [-0.1, -0.05) is 11.6 Å². The van der Waals surface area contributed by atoms with E-state index in [1.54, 1.807) is 4.90 Å². The number of hydrogen-bond acceptors (Lipinski definition) is 5. The molecule has 0 unspecified atom stereocenters. The highest BCUT2D eigenvalue weighted by atomic mass is 35.5. The molecule has 0 atom stereocenters. The highest BCUT2D eigenvalue weighted by Crippen LogP contribution is 2.39. The summed E-state index contributed by atoms with van der Waals surface area (Å²) in [6.45, 7) is 0.544. The first kappa shape index (κ1) is 16.9. The Hall–Kier alpha value is -2.94. The first-order chi connectivity index (χ1) is 11.9. The van der Waals surface area contributed by atoms with Gasteiger partial charge in [0.25, 0.3) is 0 Å². The Morgan fingerprint density at radius 2 is 2.12 bits per heavy atom. The molecule has 0 saturated heterocycles. The van der Waals surface area contributed by atoms with Crippen LogP contribution in [0.2, 0.25) is 5.02 Å². The van der Waals surface area contributed by atoms with E-state index in [9.17, 15) is 19.8 Å². The minimum Gasteiger partial charge on any atom is -0.507 e. The molecule has 0 saturated carbocycles. The third-order valence-electron chi connectivity index (χ3n) is 4.02. The monoisotopic (exact) mass is 365 g/mol. The molecule has 9 nitrogen and oxygen atoms in total. The van der Waals surface area contributed by atoms with Crippen molar-refractivity contribution in [3.8, 4) is 22.8 Å². The fraction of sp³-hybridized carbons (Fsp3) is 0.267. The average Bonchev–Trinajstić information content (AvgIpc) is 2.98. The summed E-state index contributed by atoms with van der Waals surface area (Å²) >= 11 is 5.92. The Balaban J connectivity index is 1.88. The van der Waals surface area contributed by atoms with E-state index in [4.69, 9.17) is 17.3 Å². The maximum atomic E-state index is 12.2. The molecule has 0 aliphatic carbocycles. The zero-order valence-electron chi connectivity index (χ0n) is 13.0. The number of rotatable bonds is 3. The molecule has 25 heavy (non-hydrogen) atoms. The van der Waals surface area contributed by atoms with Crippen molar-refractivity contribution in [1.29, 1.82) is 0 Å². The normalized spacial score (nSPS) is 13.4. The topological polar surface area (TPSA) is 145 Å². The lowest BCUT2D eigenvalue weighted by Crippen LogP contribution is -2.43. The van der Waals surface area contributed by atoms with Crippen LogP contribution in [0, 0.1) is 0 Å². The van der Waals surface area contributed by atoms with Gasteiger partial charge in [0.15, 0.2) is 0 Å². The molecule has 2 heterocycles. The van der Waals surface area contributed by atoms with Gasteiger partial charge < -0.3 is 26.2 Å². The third-order valence-corrected chi connectivity index (χ3v) is 4.32. The number of aromatic amines is 1. The van der Waals surface area contributed by atoms with E-state index in [-0.39, 0.29) is 35.5 Å². The second-order valence-electron chi connectivity index (χ2n) is 5.63. The summed E-state index contributed by atoms with van der Waals surface area (Å²) < 4.78 is 0. The number of urea groups is 1. The molecular weight excluding hydrogens is 350 g/mol. The van der Waals surface area contributed by atoms with Crippen LogP contribution in [0.4, 0.5) is 4.79 Å². The first-order valence-electron chi connectivity index (χ1n) is 7.46. The highest BCUT2D eigenvalue weighted by Gasteiger charge is 2.27. The minimum atomic E-state index is -0.765. The number of carbonyl (C=O) groups excluding carboxylic acids is 2. The summed E-state index contributed by atoms with van der Waals surface area (Å²) in [7, 11) is 0. The van der Waals surface area contributed by atoms with Crippen molar-refractivity contribution in [2.75, 3.05) is 13.1 Å². The number of benzene rings is 1. The molecule has 1 aromatic carbocycles. The highest BCUT2D eigenvalue weighted by molar-refractivity contribution is 6.32. The number of nitrogens with zero attached hydrogens (tertiary/aromatic N) is 2. The Bertz CT molecular complexity index is 851. The van der Waals surface area contributed by atoms with Gasteiger partial charge in [-0.2, -0.15) is 5.10 Å². The first-order valence-corrected chi connectivity index (χ1v) is 7.83. The van der Waals surface area contributed by atoms with Crippen molar-refractivity contribution in [2.24, 2.45) is 5.73 Å². The quantitative estimate of drug-likeness (QED) is 0.543. The van der Waals surface area contributed by atoms with Crippen LogP contribution < -0.4 is 11.1 Å². The van der Waals surface area contributed by atoms with E-state index in [1.807, 2.05) is 0 Å². The van der Waals surface area contributed by atoms with Crippen LogP contribution in [0.5, 0.6) is 11.5 Å². The van der Waals surface area contributed by atoms with Crippen molar-refractivity contribution < 1.29 is 19.8 Å². The second-order valence-corrected chi connectivity index (χ2v) is 6.04. The van der Waals surface area contributed by atoms with Gasteiger partial charge in [0.2, 0.25) is 5.91 Å². The van der Waals surface area contributed by atoms with Crippen LogP contribution in [-0.2, 0) is 17.8 Å². The van der Waals surface area contributed by atoms with Crippen LogP contribution in [-0.4, -0.2) is 50.3 Å². The minimum absolute atomic E-state index is 0.0824. The third kappa shape index (κ3) is 3.31. The summed E-state index contributed by atoms with van der Waals surface area (Å²) in [6.07, 6.45) is 0.553. The van der Waals surface area contributed by atoms with E-state index >= 15 is 0 Å². The van der Waals surface area contributed by atoms with E-state index in [1.165, 1.54) is 6.07 Å². The molecule has 0 spiro atoms. The number of carbonyl (C=O) groups is 2. The predicted octanol–water partition coefficient (Wildman–Crippen LogP) is 0.694. The number of aromatic nitrogens is 2. The number of H-pyrrole nitrogens is 1. The van der Waals surface area contributed by atoms with E-state index in [0.717, 1.165) is 17.3 Å². The van der Waals surface area contributed by atoms with Crippen molar-refractivity contribution >= 4 is 23.5 Å². The molecule has 1 aliphatic rings. The van der Waals surface area contributed by atoms with Gasteiger partial charge in [0.1, 0.15) is 17.2 Å². The van der Waals surface area contributed by atoms with Crippen LogP contribution >= 0.6 is 11.6 Å². The zero-order valence-corrected chi connectivity index (χ0v) is 13.8. The number of fused-ring (bicyclic) bond motifs is 1. The average molecular weight is 366 g/mol. The van der Waals surface area contributed by atoms with Gasteiger partial charge in [-0.05, 0) is 6.07 Å². The molecule has 132 valence electrons. The van der Waals surface area contributed by atoms with Gasteiger partial charge in [0.05, 0.1) is 11.6 Å². The summed E-state index contributed by atoms with van der Waals surface area (Å²) in [5.41, 5.74) is 7.38. The Morgan fingerprint density at radius 1 is 1.36 bits per heavy atom.